The van der Waals surface area contributed by atoms with Gasteiger partial charge in [0.2, 0.25) is 0 Å². The average Bonchev–Trinajstić information content (AvgIpc) is 3.43. The Balaban J connectivity index is 0.000000241. The maximum Gasteiger partial charge on any atom is 3.00 e. The van der Waals surface area contributed by atoms with Gasteiger partial charge in [-0.3, -0.25) is 4.57 Å². The summed E-state index contributed by atoms with van der Waals surface area (Å²) in [5.41, 5.74) is 14.9. The summed E-state index contributed by atoms with van der Waals surface area (Å²) in [7, 11) is 2.22. The van der Waals surface area contributed by atoms with Crippen molar-refractivity contribution in [3.8, 4) is 22.6 Å². The molecule has 5 heteroatoms. The van der Waals surface area contributed by atoms with E-state index < -0.39 is 0 Å². The van der Waals surface area contributed by atoms with Crippen molar-refractivity contribution in [1.82, 2.24) is 9.55 Å². The fraction of sp³-hybridized carbons (Fsp3) is 0.268. The number of fused-ring (bicyclic) bond motifs is 4. The number of benzene rings is 4. The smallest absolute Gasteiger partial charge is 0.404 e. The summed E-state index contributed by atoms with van der Waals surface area (Å²) in [4.78, 5) is 6.62. The molecule has 0 atom stereocenters. The van der Waals surface area contributed by atoms with Crippen LogP contribution in [0.15, 0.2) is 91.1 Å². The number of anilines is 2. The Labute approximate surface area is 287 Å². The molecule has 0 saturated carbocycles. The quantitative estimate of drug-likeness (QED) is 0.130. The van der Waals surface area contributed by atoms with Gasteiger partial charge < -0.3 is 14.5 Å². The molecule has 1 aliphatic carbocycles. The molecule has 0 N–H and O–H groups in total. The molecule has 0 radical (unpaired) electrons. The van der Waals surface area contributed by atoms with Crippen molar-refractivity contribution in [3.05, 3.63) is 132 Å². The van der Waals surface area contributed by atoms with Gasteiger partial charge in [0.05, 0.1) is 11.2 Å². The monoisotopic (exact) mass is 781 g/mol. The summed E-state index contributed by atoms with van der Waals surface area (Å²) in [5.74, 6) is 0. The van der Waals surface area contributed by atoms with Crippen molar-refractivity contribution in [3.63, 3.8) is 0 Å². The molecule has 0 saturated heterocycles. The molecule has 0 unspecified atom stereocenters. The van der Waals surface area contributed by atoms with Crippen LogP contribution in [0.5, 0.6) is 0 Å². The Hall–Kier alpha value is -4.05. The normalized spacial score (nSPS) is 15.2. The van der Waals surface area contributed by atoms with E-state index in [1.807, 2.05) is 42.5 Å². The molecule has 0 amide bonds. The van der Waals surface area contributed by atoms with Crippen LogP contribution in [0.4, 0.5) is 11.4 Å². The summed E-state index contributed by atoms with van der Waals surface area (Å²) in [6.07, 6.45) is 7.91. The molecule has 4 nitrogen and oxygen atoms in total. The van der Waals surface area contributed by atoms with Crippen LogP contribution >= 0.6 is 0 Å². The van der Waals surface area contributed by atoms with Crippen molar-refractivity contribution in [2.24, 2.45) is 0 Å². The number of para-hydroxylation sites is 2. The number of pyridine rings is 1. The number of hydrogen-bond acceptors (Lipinski definition) is 2. The number of nitrogens with zero attached hydrogens (tertiary/aromatic N) is 4. The molecule has 2 aromatic heterocycles. The first-order valence-electron chi connectivity index (χ1n) is 15.9. The van der Waals surface area contributed by atoms with Crippen LogP contribution in [0.2, 0.25) is 0 Å². The minimum absolute atomic E-state index is 0. The van der Waals surface area contributed by atoms with Gasteiger partial charge in [-0.05, 0) is 67.4 Å². The van der Waals surface area contributed by atoms with E-state index in [0.29, 0.717) is 0 Å². The summed E-state index contributed by atoms with van der Waals surface area (Å²) in [6.45, 7) is 13.9. The predicted octanol–water partition coefficient (Wildman–Crippen LogP) is 9.10. The molecule has 1 aliphatic heterocycles. The van der Waals surface area contributed by atoms with Crippen molar-refractivity contribution in [1.29, 1.82) is 0 Å². The third-order valence-corrected chi connectivity index (χ3v) is 9.76. The van der Waals surface area contributed by atoms with Crippen LogP contribution < -0.4 is 9.47 Å². The van der Waals surface area contributed by atoms with Crippen LogP contribution in [0.25, 0.3) is 33.7 Å². The van der Waals surface area contributed by atoms with Crippen LogP contribution in [0.3, 0.4) is 0 Å². The number of hydrogen-bond donors (Lipinski definition) is 0. The van der Waals surface area contributed by atoms with E-state index in [-0.39, 0.29) is 30.9 Å². The third kappa shape index (κ3) is 5.20. The molecule has 0 bridgehead atoms. The molecular weight excluding hydrogens is 741 g/mol. The summed E-state index contributed by atoms with van der Waals surface area (Å²) >= 11 is 0. The maximum atomic E-state index is 4.22. The van der Waals surface area contributed by atoms with Gasteiger partial charge in [-0.2, -0.15) is 12.1 Å². The molecular formula is C41H40IrN4+. The van der Waals surface area contributed by atoms with Crippen molar-refractivity contribution >= 4 is 22.4 Å². The number of aryl methyl sites for hydroxylation is 2. The fourth-order valence-electron chi connectivity index (χ4n) is 7.22. The van der Waals surface area contributed by atoms with Crippen molar-refractivity contribution in [2.75, 3.05) is 11.9 Å². The van der Waals surface area contributed by atoms with Crippen LogP contribution in [-0.2, 0) is 30.9 Å². The first-order valence-corrected chi connectivity index (χ1v) is 15.9. The zero-order valence-corrected chi connectivity index (χ0v) is 30.1. The Morgan fingerprint density at radius 3 is 2.20 bits per heavy atom. The summed E-state index contributed by atoms with van der Waals surface area (Å²) in [6, 6.07) is 35.9. The Morgan fingerprint density at radius 1 is 0.783 bits per heavy atom. The van der Waals surface area contributed by atoms with Crippen molar-refractivity contribution in [2.45, 2.75) is 65.2 Å². The van der Waals surface area contributed by atoms with E-state index in [2.05, 4.69) is 129 Å². The standard InChI is InChI=1S/C30H32N3.C11H8N.Ir/c1-19-10-8-11-20(2)26(19)32-18-33-24-15-14-21-25(30(5,6)17-16-29(21,3)4)28(24)31(7)22-12-9-13-23(32)27(22)33;1-2-6-10(7-3-1)11-8-4-5-9-12-11;/h8-14H,16-17H2,1-7H3;1-6,8-9H;/q2*-1;+3. The predicted molar refractivity (Wildman–Crippen MR) is 184 cm³/mol. The minimum Gasteiger partial charge on any atom is -0.404 e. The Kier molecular flexibility index (Phi) is 8.29. The zero-order valence-electron chi connectivity index (χ0n) is 27.7. The first-order chi connectivity index (χ1) is 21.6. The molecule has 0 spiro atoms. The minimum atomic E-state index is 0. The largest absolute Gasteiger partial charge is 3.00 e. The third-order valence-electron chi connectivity index (χ3n) is 9.76. The van der Waals surface area contributed by atoms with Gasteiger partial charge in [0.25, 0.3) is 6.33 Å². The maximum absolute atomic E-state index is 4.22. The van der Waals surface area contributed by atoms with Gasteiger partial charge >= 0.3 is 20.1 Å². The average molecular weight is 781 g/mol. The first kappa shape index (κ1) is 31.9. The van der Waals surface area contributed by atoms with E-state index in [9.17, 15) is 0 Å². The number of aromatic nitrogens is 3. The van der Waals surface area contributed by atoms with E-state index in [0.717, 1.165) is 16.9 Å². The Bertz CT molecular complexity index is 1980. The van der Waals surface area contributed by atoms with Gasteiger partial charge in [0.1, 0.15) is 5.52 Å². The SMILES string of the molecule is Cc1cccc(C)c1-n1[c-][n+]2c3c(cccc31)N(C)c1c-2[c-]cc2c1C(C)(C)CCC2(C)C.[Ir+3].[c-]1ccccc1-c1ccccn1. The van der Waals surface area contributed by atoms with Crippen molar-refractivity contribution < 1.29 is 24.7 Å². The zero-order chi connectivity index (χ0) is 31.5. The van der Waals surface area contributed by atoms with E-state index >= 15 is 0 Å². The molecule has 3 heterocycles. The summed E-state index contributed by atoms with van der Waals surface area (Å²) < 4.78 is 4.50. The molecule has 4 aromatic carbocycles. The van der Waals surface area contributed by atoms with E-state index in [1.54, 1.807) is 6.20 Å². The second-order valence-electron chi connectivity index (χ2n) is 13.7. The second-order valence-corrected chi connectivity index (χ2v) is 13.7. The van der Waals surface area contributed by atoms with Gasteiger partial charge in [0, 0.05) is 11.9 Å². The molecule has 6 aromatic rings. The molecule has 232 valence electrons. The Morgan fingerprint density at radius 2 is 1.50 bits per heavy atom. The van der Waals surface area contributed by atoms with Crippen LogP contribution in [-0.4, -0.2) is 16.6 Å². The van der Waals surface area contributed by atoms with Gasteiger partial charge in [0.15, 0.2) is 0 Å². The number of imidazole rings is 1. The summed E-state index contributed by atoms with van der Waals surface area (Å²) in [5, 5.41) is 0. The topological polar surface area (TPSA) is 24.9 Å². The second kappa shape index (κ2) is 12.0. The van der Waals surface area contributed by atoms with Gasteiger partial charge in [-0.25, -0.2) is 0 Å². The molecule has 0 fully saturated rings. The van der Waals surface area contributed by atoms with Gasteiger partial charge in [-0.1, -0.05) is 87.7 Å². The molecule has 2 aliphatic rings. The molecule has 8 rings (SSSR count). The van der Waals surface area contributed by atoms with Gasteiger partial charge in [-0.15, -0.1) is 47.0 Å². The fourth-order valence-corrected chi connectivity index (χ4v) is 7.22. The van der Waals surface area contributed by atoms with Crippen LogP contribution in [0.1, 0.15) is 62.8 Å². The van der Waals surface area contributed by atoms with E-state index in [1.165, 1.54) is 63.2 Å². The van der Waals surface area contributed by atoms with E-state index in [4.69, 9.17) is 0 Å². The number of rotatable bonds is 2. The molecule has 46 heavy (non-hydrogen) atoms. The van der Waals surface area contributed by atoms with Crippen LogP contribution in [0, 0.1) is 32.3 Å².